The molecule has 2 aromatic carbocycles. The van der Waals surface area contributed by atoms with E-state index in [0.717, 1.165) is 45.1 Å². The Kier molecular flexibility index (Phi) is 9.90. The van der Waals surface area contributed by atoms with Crippen LogP contribution in [-0.4, -0.2) is 24.0 Å². The summed E-state index contributed by atoms with van der Waals surface area (Å²) < 4.78 is 0. The van der Waals surface area contributed by atoms with Crippen molar-refractivity contribution in [2.75, 3.05) is 13.1 Å². The highest BCUT2D eigenvalue weighted by Gasteiger charge is 2.48. The lowest BCUT2D eigenvalue weighted by atomic mass is 9.89. The van der Waals surface area contributed by atoms with Crippen LogP contribution in [0.1, 0.15) is 88.0 Å². The van der Waals surface area contributed by atoms with Gasteiger partial charge in [0, 0.05) is 19.5 Å². The quantitative estimate of drug-likeness (QED) is 0.275. The summed E-state index contributed by atoms with van der Waals surface area (Å²) in [5.74, 6) is 0. The Morgan fingerprint density at radius 2 is 1.44 bits per heavy atom. The second-order valence-electron chi connectivity index (χ2n) is 9.86. The molecule has 4 heteroatoms. The number of alkyl halides is 2. The largest absolute Gasteiger partial charge is 0.300 e. The first-order valence-corrected chi connectivity index (χ1v) is 13.8. The standard InChI is InChI=1S/C28H37Cl2N.C2H3N/c1-3-20-31(21-15-22-9-6-5-7-10-22)23(4-2)13-14-24-25(27(29)16-17-27)11-8-12-26(24)28(30)18-19-28;1-2-3/h5-12,23H,3-4,13-21H2,1-2H3;1H3. The molecule has 2 aliphatic rings. The Morgan fingerprint density at radius 1 is 0.882 bits per heavy atom. The molecule has 0 saturated heterocycles. The molecular formula is C30H40Cl2N2. The van der Waals surface area contributed by atoms with Crippen molar-refractivity contribution in [1.82, 2.24) is 4.90 Å². The Labute approximate surface area is 217 Å². The van der Waals surface area contributed by atoms with E-state index >= 15 is 0 Å². The number of nitriles is 1. The van der Waals surface area contributed by atoms with Crippen LogP contribution < -0.4 is 0 Å². The van der Waals surface area contributed by atoms with Crippen LogP contribution in [0.4, 0.5) is 0 Å². The Bertz CT molecular complexity index is 906. The average Bonchev–Trinajstić information content (AvgIpc) is 3.77. The highest BCUT2D eigenvalue weighted by Crippen LogP contribution is 2.58. The maximum atomic E-state index is 7.32. The molecule has 2 fully saturated rings. The van der Waals surface area contributed by atoms with Gasteiger partial charge in [0.25, 0.3) is 0 Å². The summed E-state index contributed by atoms with van der Waals surface area (Å²) in [6, 6.07) is 20.0. The van der Waals surface area contributed by atoms with Crippen molar-refractivity contribution in [1.29, 1.82) is 5.26 Å². The molecule has 0 aliphatic heterocycles. The lowest BCUT2D eigenvalue weighted by Gasteiger charge is -2.32. The molecule has 2 aliphatic carbocycles. The van der Waals surface area contributed by atoms with E-state index in [1.165, 1.54) is 55.0 Å². The first-order valence-electron chi connectivity index (χ1n) is 13.0. The lowest BCUT2D eigenvalue weighted by Crippen LogP contribution is -2.37. The van der Waals surface area contributed by atoms with Gasteiger partial charge < -0.3 is 4.90 Å². The molecule has 0 spiro atoms. The maximum Gasteiger partial charge on any atom is 0.0699 e. The van der Waals surface area contributed by atoms with Gasteiger partial charge in [-0.2, -0.15) is 5.26 Å². The van der Waals surface area contributed by atoms with Crippen LogP contribution in [0.3, 0.4) is 0 Å². The molecule has 34 heavy (non-hydrogen) atoms. The zero-order chi connectivity index (χ0) is 24.6. The highest BCUT2D eigenvalue weighted by atomic mass is 35.5. The normalized spacial score (nSPS) is 17.9. The summed E-state index contributed by atoms with van der Waals surface area (Å²) in [5.41, 5.74) is 5.61. The molecule has 184 valence electrons. The number of hydrogen-bond acceptors (Lipinski definition) is 2. The number of hydrogen-bond donors (Lipinski definition) is 0. The fraction of sp³-hybridized carbons (Fsp3) is 0.567. The van der Waals surface area contributed by atoms with Crippen LogP contribution in [0.2, 0.25) is 0 Å². The molecule has 0 amide bonds. The van der Waals surface area contributed by atoms with Gasteiger partial charge in [0.15, 0.2) is 0 Å². The van der Waals surface area contributed by atoms with Crippen molar-refractivity contribution in [2.45, 2.75) is 94.3 Å². The summed E-state index contributed by atoms with van der Waals surface area (Å²) >= 11 is 13.9. The molecule has 0 radical (unpaired) electrons. The van der Waals surface area contributed by atoms with Gasteiger partial charge in [-0.1, -0.05) is 62.4 Å². The Hall–Kier alpha value is -1.53. The monoisotopic (exact) mass is 498 g/mol. The predicted octanol–water partition coefficient (Wildman–Crippen LogP) is 8.34. The maximum absolute atomic E-state index is 7.32. The SMILES string of the molecule is CC#N.CCCN(CCc1ccccc1)C(CC)CCc1c(C2(Cl)CC2)cccc1C1(Cl)CC1. The highest BCUT2D eigenvalue weighted by molar-refractivity contribution is 6.27. The molecule has 1 atom stereocenters. The third-order valence-corrected chi connectivity index (χ3v) is 8.44. The van der Waals surface area contributed by atoms with Gasteiger partial charge in [0.05, 0.1) is 15.8 Å². The molecule has 4 rings (SSSR count). The first-order chi connectivity index (χ1) is 16.4. The van der Waals surface area contributed by atoms with Crippen LogP contribution in [0.5, 0.6) is 0 Å². The van der Waals surface area contributed by atoms with Crippen molar-refractivity contribution >= 4 is 23.2 Å². The number of halogens is 2. The minimum absolute atomic E-state index is 0.133. The van der Waals surface area contributed by atoms with Crippen molar-refractivity contribution in [3.8, 4) is 6.07 Å². The average molecular weight is 500 g/mol. The minimum atomic E-state index is -0.133. The van der Waals surface area contributed by atoms with Crippen LogP contribution in [0, 0.1) is 11.3 Å². The zero-order valence-electron chi connectivity index (χ0n) is 21.1. The fourth-order valence-corrected chi connectivity index (χ4v) is 5.63. The molecule has 0 N–H and O–H groups in total. The first kappa shape index (κ1) is 27.1. The van der Waals surface area contributed by atoms with Gasteiger partial charge in [0.2, 0.25) is 0 Å². The third-order valence-electron chi connectivity index (χ3n) is 7.28. The Balaban J connectivity index is 0.00000103. The lowest BCUT2D eigenvalue weighted by molar-refractivity contribution is 0.183. The molecule has 0 aromatic heterocycles. The molecule has 2 aromatic rings. The minimum Gasteiger partial charge on any atom is -0.300 e. The van der Waals surface area contributed by atoms with Crippen molar-refractivity contribution in [2.24, 2.45) is 0 Å². The van der Waals surface area contributed by atoms with E-state index in [0.29, 0.717) is 6.04 Å². The molecule has 0 bridgehead atoms. The van der Waals surface area contributed by atoms with Gasteiger partial charge in [-0.25, -0.2) is 0 Å². The van der Waals surface area contributed by atoms with E-state index in [1.807, 2.05) is 0 Å². The van der Waals surface area contributed by atoms with E-state index < -0.39 is 0 Å². The third kappa shape index (κ3) is 7.00. The van der Waals surface area contributed by atoms with Gasteiger partial charge in [-0.3, -0.25) is 0 Å². The van der Waals surface area contributed by atoms with Gasteiger partial charge in [0.1, 0.15) is 0 Å². The molecular weight excluding hydrogens is 459 g/mol. The van der Waals surface area contributed by atoms with E-state index in [2.05, 4.69) is 67.3 Å². The van der Waals surface area contributed by atoms with Crippen LogP contribution in [0.25, 0.3) is 0 Å². The second kappa shape index (κ2) is 12.4. The van der Waals surface area contributed by atoms with Gasteiger partial charge in [-0.15, -0.1) is 23.2 Å². The Morgan fingerprint density at radius 3 is 1.91 bits per heavy atom. The smallest absolute Gasteiger partial charge is 0.0699 e. The van der Waals surface area contributed by atoms with Crippen molar-refractivity contribution in [3.05, 3.63) is 70.8 Å². The number of benzene rings is 2. The number of nitrogens with zero attached hydrogens (tertiary/aromatic N) is 2. The van der Waals surface area contributed by atoms with Gasteiger partial charge >= 0.3 is 0 Å². The summed E-state index contributed by atoms with van der Waals surface area (Å²) in [6.07, 6.45) is 10.1. The van der Waals surface area contributed by atoms with Crippen LogP contribution in [0.15, 0.2) is 48.5 Å². The van der Waals surface area contributed by atoms with E-state index in [1.54, 1.807) is 6.07 Å². The van der Waals surface area contributed by atoms with E-state index in [4.69, 9.17) is 28.5 Å². The van der Waals surface area contributed by atoms with Crippen molar-refractivity contribution < 1.29 is 0 Å². The topological polar surface area (TPSA) is 27.0 Å². The number of rotatable bonds is 12. The van der Waals surface area contributed by atoms with E-state index in [9.17, 15) is 0 Å². The van der Waals surface area contributed by atoms with Gasteiger partial charge in [-0.05, 0) is 86.6 Å². The fourth-order valence-electron chi connectivity index (χ4n) is 5.09. The van der Waals surface area contributed by atoms with E-state index in [-0.39, 0.29) is 9.75 Å². The predicted molar refractivity (Wildman–Crippen MR) is 146 cm³/mol. The van der Waals surface area contributed by atoms with Crippen LogP contribution in [-0.2, 0) is 22.6 Å². The molecule has 0 heterocycles. The zero-order valence-corrected chi connectivity index (χ0v) is 22.6. The summed E-state index contributed by atoms with van der Waals surface area (Å²) in [6.45, 7) is 8.36. The molecule has 2 nitrogen and oxygen atoms in total. The van der Waals surface area contributed by atoms with Crippen molar-refractivity contribution in [3.63, 3.8) is 0 Å². The molecule has 1 unspecified atom stereocenters. The summed E-state index contributed by atoms with van der Waals surface area (Å²) in [4.78, 5) is 2.45. The summed E-state index contributed by atoms with van der Waals surface area (Å²) in [5, 5.41) is 7.32. The van der Waals surface area contributed by atoms with Crippen LogP contribution >= 0.6 is 23.2 Å². The summed E-state index contributed by atoms with van der Waals surface area (Å²) in [7, 11) is 0. The molecule has 2 saturated carbocycles. The second-order valence-corrected chi connectivity index (χ2v) is 11.3.